The van der Waals surface area contributed by atoms with Gasteiger partial charge >= 0.3 is 6.09 Å². The molecule has 0 bridgehead atoms. The molecule has 8 nitrogen and oxygen atoms in total. The molecule has 1 saturated heterocycles. The number of methoxy groups -OCH3 is 1. The molecule has 9 heteroatoms. The van der Waals surface area contributed by atoms with Gasteiger partial charge in [-0.2, -0.15) is 0 Å². The number of ether oxygens (including phenoxy) is 1. The molecule has 2 aliphatic heterocycles. The number of halogens is 1. The van der Waals surface area contributed by atoms with E-state index in [1.54, 1.807) is 23.0 Å². The van der Waals surface area contributed by atoms with Crippen LogP contribution >= 0.6 is 11.6 Å². The molecular formula is C26H38ClN3O5. The third kappa shape index (κ3) is 5.92. The molecule has 1 fully saturated rings. The lowest BCUT2D eigenvalue weighted by Crippen LogP contribution is -2.53. The molecule has 0 unspecified atom stereocenters. The van der Waals surface area contributed by atoms with Gasteiger partial charge in [-0.1, -0.05) is 25.4 Å². The molecule has 0 radical (unpaired) electrons. The number of piperidine rings is 1. The number of benzene rings is 1. The first-order valence-electron chi connectivity index (χ1n) is 12.4. The molecule has 3 rings (SSSR count). The Hall–Kier alpha value is -2.32. The number of nitrogens with zero attached hydrogens (tertiary/aromatic N) is 3. The van der Waals surface area contributed by atoms with Gasteiger partial charge in [0.25, 0.3) is 5.91 Å². The van der Waals surface area contributed by atoms with E-state index in [4.69, 9.17) is 16.3 Å². The summed E-state index contributed by atoms with van der Waals surface area (Å²) in [4.78, 5) is 43.6. The monoisotopic (exact) mass is 507 g/mol. The first-order chi connectivity index (χ1) is 16.5. The smallest absolute Gasteiger partial charge is 0.407 e. The van der Waals surface area contributed by atoms with Crippen molar-refractivity contribution in [1.29, 1.82) is 0 Å². The number of unbranched alkanes of at least 4 members (excludes halogenated alkanes) is 1. The van der Waals surface area contributed by atoms with E-state index in [-0.39, 0.29) is 30.4 Å². The summed E-state index contributed by atoms with van der Waals surface area (Å²) in [6.07, 6.45) is 2.63. The lowest BCUT2D eigenvalue weighted by atomic mass is 9.79. The van der Waals surface area contributed by atoms with Gasteiger partial charge in [-0.25, -0.2) is 4.79 Å². The molecule has 194 valence electrons. The normalized spacial score (nSPS) is 19.6. The van der Waals surface area contributed by atoms with E-state index in [1.165, 1.54) is 4.90 Å². The zero-order chi connectivity index (χ0) is 25.9. The predicted molar refractivity (Wildman–Crippen MR) is 136 cm³/mol. The average Bonchev–Trinajstić information content (AvgIpc) is 2.78. The van der Waals surface area contributed by atoms with E-state index in [0.29, 0.717) is 43.1 Å². The summed E-state index contributed by atoms with van der Waals surface area (Å²) in [6, 6.07) is 3.21. The van der Waals surface area contributed by atoms with E-state index >= 15 is 0 Å². The van der Waals surface area contributed by atoms with E-state index in [1.807, 2.05) is 33.8 Å². The first kappa shape index (κ1) is 27.3. The molecular weight excluding hydrogens is 470 g/mol. The molecule has 2 heterocycles. The highest BCUT2D eigenvalue weighted by Crippen LogP contribution is 2.40. The van der Waals surface area contributed by atoms with Crippen molar-refractivity contribution >= 4 is 35.2 Å². The number of amides is 3. The topological polar surface area (TPSA) is 90.4 Å². The molecule has 0 aromatic heterocycles. The van der Waals surface area contributed by atoms with Crippen molar-refractivity contribution in [2.45, 2.75) is 71.9 Å². The lowest BCUT2D eigenvalue weighted by Gasteiger charge is -2.41. The zero-order valence-corrected chi connectivity index (χ0v) is 22.2. The van der Waals surface area contributed by atoms with E-state index < -0.39 is 11.5 Å². The van der Waals surface area contributed by atoms with Crippen LogP contribution in [-0.2, 0) is 16.0 Å². The second kappa shape index (κ2) is 11.2. The van der Waals surface area contributed by atoms with Gasteiger partial charge in [-0.3, -0.25) is 9.59 Å². The van der Waals surface area contributed by atoms with Crippen LogP contribution in [0, 0.1) is 5.41 Å². The summed E-state index contributed by atoms with van der Waals surface area (Å²) in [6.45, 7) is 9.65. The fraction of sp³-hybridized carbons (Fsp3) is 0.654. The molecule has 1 aromatic carbocycles. The summed E-state index contributed by atoms with van der Waals surface area (Å²) in [5.41, 5.74) is 1.48. The fourth-order valence-electron chi connectivity index (χ4n) is 5.24. The third-order valence-electron chi connectivity index (χ3n) is 6.98. The van der Waals surface area contributed by atoms with Crippen molar-refractivity contribution in [2.75, 3.05) is 38.3 Å². The maximum atomic E-state index is 13.8. The second-order valence-electron chi connectivity index (χ2n) is 10.5. The van der Waals surface area contributed by atoms with Crippen molar-refractivity contribution < 1.29 is 24.2 Å². The van der Waals surface area contributed by atoms with Crippen LogP contribution in [0.1, 0.15) is 69.3 Å². The number of rotatable bonds is 8. The summed E-state index contributed by atoms with van der Waals surface area (Å²) in [7, 11) is 1.66. The summed E-state index contributed by atoms with van der Waals surface area (Å²) >= 11 is 6.67. The molecule has 0 aliphatic carbocycles. The van der Waals surface area contributed by atoms with Crippen LogP contribution in [0.3, 0.4) is 0 Å². The van der Waals surface area contributed by atoms with Gasteiger partial charge in [0.2, 0.25) is 5.91 Å². The highest BCUT2D eigenvalue weighted by molar-refractivity contribution is 6.34. The molecule has 35 heavy (non-hydrogen) atoms. The van der Waals surface area contributed by atoms with Crippen LogP contribution in [0.15, 0.2) is 12.1 Å². The van der Waals surface area contributed by atoms with Crippen LogP contribution in [-0.4, -0.2) is 78.2 Å². The van der Waals surface area contributed by atoms with Crippen LogP contribution in [0.2, 0.25) is 5.02 Å². The predicted octanol–water partition coefficient (Wildman–Crippen LogP) is 4.67. The summed E-state index contributed by atoms with van der Waals surface area (Å²) in [5.74, 6) is -0.199. The highest BCUT2D eigenvalue weighted by atomic mass is 35.5. The first-order valence-corrected chi connectivity index (χ1v) is 12.8. The van der Waals surface area contributed by atoms with E-state index in [9.17, 15) is 19.5 Å². The lowest BCUT2D eigenvalue weighted by molar-refractivity contribution is -0.127. The van der Waals surface area contributed by atoms with Crippen molar-refractivity contribution in [3.8, 4) is 0 Å². The van der Waals surface area contributed by atoms with Crippen molar-refractivity contribution in [3.63, 3.8) is 0 Å². The SMILES string of the molecule is COCCCCN1C(=O)C(C)(C)Cc2cc(Cl)c(C(=O)N(C(C)C)[C@@H]3CCCN(C(=O)O)C3)cc21. The minimum absolute atomic E-state index is 0.0354. The summed E-state index contributed by atoms with van der Waals surface area (Å²) in [5, 5.41) is 9.82. The number of hydrogen-bond acceptors (Lipinski definition) is 4. The minimum Gasteiger partial charge on any atom is -0.465 e. The molecule has 2 aliphatic rings. The molecule has 0 saturated carbocycles. The standard InChI is InChI=1S/C26H38ClN3O5/c1-17(2)30(19-9-8-10-28(16-19)25(33)34)23(31)20-14-22-18(13-21(20)27)15-26(3,4)24(32)29(22)11-6-7-12-35-5/h13-14,17,19H,6-12,15-16H2,1-5H3,(H,33,34)/t19-/m1/s1. The maximum Gasteiger partial charge on any atom is 0.407 e. The molecule has 0 spiro atoms. The quantitative estimate of drug-likeness (QED) is 0.516. The van der Waals surface area contributed by atoms with Gasteiger partial charge in [-0.05, 0) is 63.6 Å². The van der Waals surface area contributed by atoms with Crippen molar-refractivity contribution in [3.05, 3.63) is 28.3 Å². The second-order valence-corrected chi connectivity index (χ2v) is 10.9. The Kier molecular flexibility index (Phi) is 8.70. The Morgan fingerprint density at radius 3 is 2.63 bits per heavy atom. The van der Waals surface area contributed by atoms with E-state index in [0.717, 1.165) is 30.5 Å². The highest BCUT2D eigenvalue weighted by Gasteiger charge is 2.40. The molecule has 3 amide bonds. The zero-order valence-electron chi connectivity index (χ0n) is 21.5. The Morgan fingerprint density at radius 2 is 2.00 bits per heavy atom. The Balaban J connectivity index is 1.96. The van der Waals surface area contributed by atoms with Crippen LogP contribution in [0.25, 0.3) is 0 Å². The minimum atomic E-state index is -0.970. The Labute approximate surface area is 213 Å². The summed E-state index contributed by atoms with van der Waals surface area (Å²) < 4.78 is 5.15. The van der Waals surface area contributed by atoms with Gasteiger partial charge in [0.1, 0.15) is 0 Å². The van der Waals surface area contributed by atoms with E-state index in [2.05, 4.69) is 0 Å². The fourth-order valence-corrected chi connectivity index (χ4v) is 5.51. The van der Waals surface area contributed by atoms with Gasteiger partial charge < -0.3 is 24.5 Å². The van der Waals surface area contributed by atoms with Crippen LogP contribution < -0.4 is 4.90 Å². The number of carbonyl (C=O) groups is 3. The molecule has 1 aromatic rings. The number of anilines is 1. The number of carbonyl (C=O) groups excluding carboxylic acids is 2. The third-order valence-corrected chi connectivity index (χ3v) is 7.29. The van der Waals surface area contributed by atoms with Crippen molar-refractivity contribution in [2.24, 2.45) is 5.41 Å². The molecule has 1 atom stereocenters. The molecule has 1 N–H and O–H groups in total. The van der Waals surface area contributed by atoms with Gasteiger partial charge in [0, 0.05) is 50.5 Å². The van der Waals surface area contributed by atoms with Crippen molar-refractivity contribution in [1.82, 2.24) is 9.80 Å². The largest absolute Gasteiger partial charge is 0.465 e. The maximum absolute atomic E-state index is 13.8. The number of hydrogen-bond donors (Lipinski definition) is 1. The van der Waals surface area contributed by atoms with Crippen LogP contribution in [0.5, 0.6) is 0 Å². The number of carboxylic acid groups (broad SMARTS) is 1. The van der Waals surface area contributed by atoms with Gasteiger partial charge in [0.05, 0.1) is 16.6 Å². The average molecular weight is 508 g/mol. The number of fused-ring (bicyclic) bond motifs is 1. The Morgan fingerprint density at radius 1 is 1.29 bits per heavy atom. The Bertz CT molecular complexity index is 965. The van der Waals surface area contributed by atoms with Gasteiger partial charge in [0.15, 0.2) is 0 Å². The van der Waals surface area contributed by atoms with Crippen LogP contribution in [0.4, 0.5) is 10.5 Å². The number of likely N-dealkylation sites (tertiary alicyclic amines) is 1. The van der Waals surface area contributed by atoms with Gasteiger partial charge in [-0.15, -0.1) is 0 Å².